The second-order valence-corrected chi connectivity index (χ2v) is 3.82. The zero-order chi connectivity index (χ0) is 10.8. The zero-order valence-electron chi connectivity index (χ0n) is 9.58. The van der Waals surface area contributed by atoms with Crippen molar-refractivity contribution in [2.24, 2.45) is 0 Å². The highest BCUT2D eigenvalue weighted by molar-refractivity contribution is 5.84. The lowest BCUT2D eigenvalue weighted by molar-refractivity contribution is 0.178. The fraction of sp³-hybridized carbons (Fsp3) is 0.385. The minimum atomic E-state index is 0.683. The summed E-state index contributed by atoms with van der Waals surface area (Å²) in [5.74, 6) is 0. The van der Waals surface area contributed by atoms with Crippen LogP contribution < -0.4 is 0 Å². The van der Waals surface area contributed by atoms with Gasteiger partial charge in [0.05, 0.1) is 6.61 Å². The molecule has 0 fully saturated rings. The first-order chi connectivity index (χ1) is 7.27. The molecule has 1 heterocycles. The maximum atomic E-state index is 5.22. The fourth-order valence-electron chi connectivity index (χ4n) is 2.13. The molecule has 80 valence electrons. The number of hydrogen-bond donors (Lipinski definition) is 0. The van der Waals surface area contributed by atoms with Crippen LogP contribution in [0.25, 0.3) is 10.9 Å². The van der Waals surface area contributed by atoms with Crippen molar-refractivity contribution in [1.29, 1.82) is 0 Å². The molecular weight excluding hydrogens is 186 g/mol. The van der Waals surface area contributed by atoms with Gasteiger partial charge in [0.15, 0.2) is 0 Å². The molecule has 15 heavy (non-hydrogen) atoms. The van der Waals surface area contributed by atoms with E-state index in [0.717, 1.165) is 6.54 Å². The Labute approximate surface area is 90.5 Å². The SMILES string of the molecule is CCn1c(COC)cc2c(C)cccc21. The molecule has 0 aliphatic rings. The van der Waals surface area contributed by atoms with E-state index < -0.39 is 0 Å². The van der Waals surface area contributed by atoms with Crippen LogP contribution in [-0.4, -0.2) is 11.7 Å². The Bertz CT molecular complexity index is 471. The second-order valence-electron chi connectivity index (χ2n) is 3.82. The molecule has 2 heteroatoms. The molecular formula is C13H17NO. The van der Waals surface area contributed by atoms with E-state index in [9.17, 15) is 0 Å². The smallest absolute Gasteiger partial charge is 0.0864 e. The molecule has 0 N–H and O–H groups in total. The van der Waals surface area contributed by atoms with E-state index in [2.05, 4.69) is 42.7 Å². The van der Waals surface area contributed by atoms with Crippen LogP contribution in [0.2, 0.25) is 0 Å². The number of fused-ring (bicyclic) bond motifs is 1. The summed E-state index contributed by atoms with van der Waals surface area (Å²) in [6.07, 6.45) is 0. The van der Waals surface area contributed by atoms with Crippen LogP contribution in [0.15, 0.2) is 24.3 Å². The van der Waals surface area contributed by atoms with Gasteiger partial charge in [-0.1, -0.05) is 12.1 Å². The summed E-state index contributed by atoms with van der Waals surface area (Å²) in [6, 6.07) is 8.67. The van der Waals surface area contributed by atoms with Gasteiger partial charge < -0.3 is 9.30 Å². The molecule has 0 aliphatic carbocycles. The Kier molecular flexibility index (Phi) is 2.78. The summed E-state index contributed by atoms with van der Waals surface area (Å²) in [7, 11) is 1.74. The van der Waals surface area contributed by atoms with E-state index in [1.165, 1.54) is 22.2 Å². The molecule has 1 aromatic heterocycles. The van der Waals surface area contributed by atoms with Gasteiger partial charge in [-0.05, 0) is 31.5 Å². The van der Waals surface area contributed by atoms with Crippen molar-refractivity contribution in [2.45, 2.75) is 27.0 Å². The highest BCUT2D eigenvalue weighted by Gasteiger charge is 2.07. The predicted molar refractivity (Wildman–Crippen MR) is 63.1 cm³/mol. The van der Waals surface area contributed by atoms with Crippen molar-refractivity contribution in [3.05, 3.63) is 35.5 Å². The topological polar surface area (TPSA) is 14.2 Å². The van der Waals surface area contributed by atoms with Crippen LogP contribution in [0, 0.1) is 6.92 Å². The Hall–Kier alpha value is -1.28. The molecule has 0 saturated heterocycles. The predicted octanol–water partition coefficient (Wildman–Crippen LogP) is 3.12. The highest BCUT2D eigenvalue weighted by Crippen LogP contribution is 2.23. The van der Waals surface area contributed by atoms with Crippen LogP contribution in [0.4, 0.5) is 0 Å². The molecule has 0 aliphatic heterocycles. The van der Waals surface area contributed by atoms with E-state index >= 15 is 0 Å². The summed E-state index contributed by atoms with van der Waals surface area (Å²) in [4.78, 5) is 0. The van der Waals surface area contributed by atoms with Crippen molar-refractivity contribution >= 4 is 10.9 Å². The summed E-state index contributed by atoms with van der Waals surface area (Å²) in [6.45, 7) is 5.99. The third kappa shape index (κ3) is 1.65. The average molecular weight is 203 g/mol. The molecule has 2 nitrogen and oxygen atoms in total. The number of rotatable bonds is 3. The minimum Gasteiger partial charge on any atom is -0.378 e. The summed E-state index contributed by atoms with van der Waals surface area (Å²) < 4.78 is 7.53. The lowest BCUT2D eigenvalue weighted by Crippen LogP contribution is -2.01. The first-order valence-corrected chi connectivity index (χ1v) is 5.34. The molecule has 0 bridgehead atoms. The van der Waals surface area contributed by atoms with E-state index in [4.69, 9.17) is 4.74 Å². The van der Waals surface area contributed by atoms with Crippen molar-refractivity contribution in [2.75, 3.05) is 7.11 Å². The van der Waals surface area contributed by atoms with Gasteiger partial charge in [0.1, 0.15) is 0 Å². The molecule has 0 radical (unpaired) electrons. The normalized spacial score (nSPS) is 11.1. The quantitative estimate of drug-likeness (QED) is 0.747. The molecule has 0 saturated carbocycles. The second kappa shape index (κ2) is 4.07. The third-order valence-corrected chi connectivity index (χ3v) is 2.86. The molecule has 0 spiro atoms. The van der Waals surface area contributed by atoms with Crippen molar-refractivity contribution in [3.63, 3.8) is 0 Å². The van der Waals surface area contributed by atoms with Gasteiger partial charge >= 0.3 is 0 Å². The van der Waals surface area contributed by atoms with Gasteiger partial charge in [-0.2, -0.15) is 0 Å². The molecule has 0 atom stereocenters. The summed E-state index contributed by atoms with van der Waals surface area (Å²) in [5.41, 5.74) is 3.89. The maximum Gasteiger partial charge on any atom is 0.0864 e. The van der Waals surface area contributed by atoms with E-state index in [0.29, 0.717) is 6.61 Å². The van der Waals surface area contributed by atoms with Crippen LogP contribution in [0.1, 0.15) is 18.2 Å². The van der Waals surface area contributed by atoms with Gasteiger partial charge in [0.25, 0.3) is 0 Å². The van der Waals surface area contributed by atoms with Gasteiger partial charge in [0, 0.05) is 30.3 Å². The minimum absolute atomic E-state index is 0.683. The highest BCUT2D eigenvalue weighted by atomic mass is 16.5. The third-order valence-electron chi connectivity index (χ3n) is 2.86. The summed E-state index contributed by atoms with van der Waals surface area (Å²) >= 11 is 0. The Morgan fingerprint density at radius 3 is 2.80 bits per heavy atom. The van der Waals surface area contributed by atoms with Crippen LogP contribution >= 0.6 is 0 Å². The number of methoxy groups -OCH3 is 1. The summed E-state index contributed by atoms with van der Waals surface area (Å²) in [5, 5.41) is 1.34. The molecule has 2 rings (SSSR count). The van der Waals surface area contributed by atoms with Gasteiger partial charge in [-0.25, -0.2) is 0 Å². The Morgan fingerprint density at radius 2 is 2.13 bits per heavy atom. The molecule has 2 aromatic rings. The monoisotopic (exact) mass is 203 g/mol. The average Bonchev–Trinajstić information content (AvgIpc) is 2.58. The van der Waals surface area contributed by atoms with Crippen molar-refractivity contribution in [1.82, 2.24) is 4.57 Å². The van der Waals surface area contributed by atoms with Gasteiger partial charge in [-0.15, -0.1) is 0 Å². The van der Waals surface area contributed by atoms with Gasteiger partial charge in [0.2, 0.25) is 0 Å². The fourth-order valence-corrected chi connectivity index (χ4v) is 2.13. The van der Waals surface area contributed by atoms with E-state index in [1.54, 1.807) is 7.11 Å². The molecule has 1 aromatic carbocycles. The number of hydrogen-bond acceptors (Lipinski definition) is 1. The number of ether oxygens (including phenoxy) is 1. The van der Waals surface area contributed by atoms with Crippen LogP contribution in [0.5, 0.6) is 0 Å². The molecule has 0 unspecified atom stereocenters. The Balaban J connectivity index is 2.67. The van der Waals surface area contributed by atoms with Gasteiger partial charge in [-0.3, -0.25) is 0 Å². The number of nitrogens with zero attached hydrogens (tertiary/aromatic N) is 1. The standard InChI is InChI=1S/C13H17NO/c1-4-14-11(9-15-3)8-12-10(2)6-5-7-13(12)14/h5-8H,4,9H2,1-3H3. The zero-order valence-corrected chi connectivity index (χ0v) is 9.58. The number of benzene rings is 1. The first-order valence-electron chi connectivity index (χ1n) is 5.34. The first kappa shape index (κ1) is 10.2. The van der Waals surface area contributed by atoms with Crippen molar-refractivity contribution < 1.29 is 4.74 Å². The van der Waals surface area contributed by atoms with Crippen molar-refractivity contribution in [3.8, 4) is 0 Å². The van der Waals surface area contributed by atoms with Crippen LogP contribution in [0.3, 0.4) is 0 Å². The Morgan fingerprint density at radius 1 is 1.33 bits per heavy atom. The van der Waals surface area contributed by atoms with E-state index in [-0.39, 0.29) is 0 Å². The van der Waals surface area contributed by atoms with Crippen LogP contribution in [-0.2, 0) is 17.9 Å². The number of aromatic nitrogens is 1. The van der Waals surface area contributed by atoms with E-state index in [1.807, 2.05) is 0 Å². The maximum absolute atomic E-state index is 5.22. The molecule has 0 amide bonds. The lowest BCUT2D eigenvalue weighted by Gasteiger charge is -2.06. The lowest BCUT2D eigenvalue weighted by atomic mass is 10.1. The number of aryl methyl sites for hydroxylation is 2. The largest absolute Gasteiger partial charge is 0.378 e.